The van der Waals surface area contributed by atoms with Crippen LogP contribution in [0.2, 0.25) is 5.02 Å². The van der Waals surface area contributed by atoms with E-state index in [9.17, 15) is 9.59 Å². The van der Waals surface area contributed by atoms with E-state index >= 15 is 0 Å². The lowest BCUT2D eigenvalue weighted by molar-refractivity contribution is -0.139. The molecule has 0 amide bonds. The van der Waals surface area contributed by atoms with Crippen molar-refractivity contribution in [2.45, 2.75) is 19.9 Å². The first-order chi connectivity index (χ1) is 12.0. The van der Waals surface area contributed by atoms with Gasteiger partial charge in [0, 0.05) is 11.6 Å². The molecule has 1 aromatic carbocycles. The maximum absolute atomic E-state index is 12.5. The minimum atomic E-state index is -0.501. The summed E-state index contributed by atoms with van der Waals surface area (Å²) in [5.74, 6) is 0.0930. The van der Waals surface area contributed by atoms with Crippen LogP contribution in [0, 0.1) is 6.92 Å². The number of carbonyl (C=O) groups excluding carboxylic acids is 1. The molecule has 0 atom stereocenters. The third-order valence-corrected chi connectivity index (χ3v) is 4.12. The Hall–Kier alpha value is -2.87. The van der Waals surface area contributed by atoms with Crippen LogP contribution in [-0.2, 0) is 22.5 Å². The summed E-state index contributed by atoms with van der Waals surface area (Å²) in [5.41, 5.74) is 1.23. The molecule has 3 aromatic rings. The van der Waals surface area contributed by atoms with Crippen LogP contribution in [0.25, 0.3) is 5.78 Å². The average molecular weight is 362 g/mol. The van der Waals surface area contributed by atoms with Crippen LogP contribution < -0.4 is 10.9 Å². The van der Waals surface area contributed by atoms with Gasteiger partial charge in [-0.15, -0.1) is 0 Å². The summed E-state index contributed by atoms with van der Waals surface area (Å²) in [4.78, 5) is 32.5. The maximum Gasteiger partial charge on any atom is 0.310 e. The number of esters is 1. The van der Waals surface area contributed by atoms with E-state index in [1.165, 1.54) is 11.6 Å². The van der Waals surface area contributed by atoms with E-state index in [-0.39, 0.29) is 23.3 Å². The molecule has 0 aliphatic carbocycles. The number of anilines is 1. The summed E-state index contributed by atoms with van der Waals surface area (Å²) in [5, 5.41) is 6.54. The molecule has 0 bridgehead atoms. The van der Waals surface area contributed by atoms with Crippen molar-refractivity contribution in [2.24, 2.45) is 0 Å². The van der Waals surface area contributed by atoms with Gasteiger partial charge < -0.3 is 10.1 Å². The minimum Gasteiger partial charge on any atom is -0.469 e. The summed E-state index contributed by atoms with van der Waals surface area (Å²) in [6.07, 6.45) is -0.140. The van der Waals surface area contributed by atoms with Gasteiger partial charge in [0.15, 0.2) is 0 Å². The largest absolute Gasteiger partial charge is 0.469 e. The number of H-pyrrole nitrogens is 1. The standard InChI is InChI=1S/C16H16ClN5O3/c1-9-11(7-13(23)25-2)14(24)22-16(19-9)20-15(21-22)18-8-10-5-3-4-6-12(10)17/h3-6H,7-8H2,1-2H3,(H2,18,19,20,21). The monoisotopic (exact) mass is 361 g/mol. The van der Waals surface area contributed by atoms with Crippen LogP contribution in [-0.4, -0.2) is 32.7 Å². The topological polar surface area (TPSA) is 101 Å². The Morgan fingerprint density at radius 3 is 2.84 bits per heavy atom. The van der Waals surface area contributed by atoms with Crippen molar-refractivity contribution < 1.29 is 9.53 Å². The number of rotatable bonds is 5. The van der Waals surface area contributed by atoms with Crippen LogP contribution in [0.4, 0.5) is 5.95 Å². The average Bonchev–Trinajstić information content (AvgIpc) is 3.00. The van der Waals surface area contributed by atoms with Crippen molar-refractivity contribution in [3.05, 3.63) is 56.5 Å². The van der Waals surface area contributed by atoms with Crippen molar-refractivity contribution in [3.63, 3.8) is 0 Å². The molecule has 0 spiro atoms. The first-order valence-electron chi connectivity index (χ1n) is 7.52. The number of aryl methyl sites for hydroxylation is 1. The highest BCUT2D eigenvalue weighted by molar-refractivity contribution is 6.31. The Bertz CT molecular complexity index is 995. The van der Waals surface area contributed by atoms with Crippen molar-refractivity contribution in [2.75, 3.05) is 12.4 Å². The molecular weight excluding hydrogens is 346 g/mol. The van der Waals surface area contributed by atoms with Crippen LogP contribution >= 0.6 is 11.6 Å². The van der Waals surface area contributed by atoms with E-state index < -0.39 is 5.97 Å². The van der Waals surface area contributed by atoms with Gasteiger partial charge in [-0.3, -0.25) is 14.7 Å². The number of benzene rings is 1. The Kier molecular flexibility index (Phi) is 4.71. The maximum atomic E-state index is 12.5. The Labute approximate surface area is 147 Å². The molecule has 0 saturated heterocycles. The quantitative estimate of drug-likeness (QED) is 0.671. The van der Waals surface area contributed by atoms with Crippen molar-refractivity contribution in [1.82, 2.24) is 19.6 Å². The van der Waals surface area contributed by atoms with E-state index in [1.54, 1.807) is 13.0 Å². The van der Waals surface area contributed by atoms with E-state index in [2.05, 4.69) is 25.1 Å². The van der Waals surface area contributed by atoms with E-state index in [0.29, 0.717) is 23.2 Å². The lowest BCUT2D eigenvalue weighted by atomic mass is 10.2. The number of nitrogens with one attached hydrogen (secondary N) is 2. The number of ether oxygens (including phenoxy) is 1. The van der Waals surface area contributed by atoms with Crippen molar-refractivity contribution in [3.8, 4) is 0 Å². The van der Waals surface area contributed by atoms with Crippen LogP contribution in [0.1, 0.15) is 16.8 Å². The fourth-order valence-electron chi connectivity index (χ4n) is 2.37. The van der Waals surface area contributed by atoms with Gasteiger partial charge in [0.2, 0.25) is 5.95 Å². The number of aromatic nitrogens is 4. The Balaban J connectivity index is 1.89. The molecule has 2 heterocycles. The summed E-state index contributed by atoms with van der Waals surface area (Å²) in [6, 6.07) is 7.42. The fourth-order valence-corrected chi connectivity index (χ4v) is 2.58. The summed E-state index contributed by atoms with van der Waals surface area (Å²) < 4.78 is 5.81. The van der Waals surface area contributed by atoms with Gasteiger partial charge in [-0.05, 0) is 18.6 Å². The number of halogens is 1. The lowest BCUT2D eigenvalue weighted by Gasteiger charge is -2.04. The zero-order valence-electron chi connectivity index (χ0n) is 13.7. The second kappa shape index (κ2) is 6.94. The number of hydrogen-bond donors (Lipinski definition) is 2. The van der Waals surface area contributed by atoms with E-state index in [4.69, 9.17) is 11.6 Å². The molecule has 130 valence electrons. The van der Waals surface area contributed by atoms with Gasteiger partial charge in [-0.1, -0.05) is 29.8 Å². The fraction of sp³-hybridized carbons (Fsp3) is 0.250. The predicted octanol–water partition coefficient (Wildman–Crippen LogP) is 1.71. The SMILES string of the molecule is COC(=O)Cc1c(C)nc2nc(NCc3ccccc3Cl)[nH]n2c1=O. The number of aromatic amines is 1. The van der Waals surface area contributed by atoms with Gasteiger partial charge in [-0.2, -0.15) is 9.50 Å². The molecule has 0 unspecified atom stereocenters. The molecule has 0 aliphatic heterocycles. The van der Waals surface area contributed by atoms with Crippen LogP contribution in [0.3, 0.4) is 0 Å². The first kappa shape index (κ1) is 17.0. The summed E-state index contributed by atoms with van der Waals surface area (Å²) >= 11 is 6.12. The number of nitrogens with zero attached hydrogens (tertiary/aromatic N) is 3. The number of hydrogen-bond acceptors (Lipinski definition) is 6. The zero-order valence-corrected chi connectivity index (χ0v) is 14.4. The van der Waals surface area contributed by atoms with Gasteiger partial charge in [-0.25, -0.2) is 4.98 Å². The van der Waals surface area contributed by atoms with Gasteiger partial charge >= 0.3 is 5.97 Å². The van der Waals surface area contributed by atoms with E-state index in [1.807, 2.05) is 18.2 Å². The van der Waals surface area contributed by atoms with Crippen molar-refractivity contribution >= 4 is 29.3 Å². The minimum absolute atomic E-state index is 0.140. The lowest BCUT2D eigenvalue weighted by Crippen LogP contribution is -2.24. The first-order valence-corrected chi connectivity index (χ1v) is 7.89. The van der Waals surface area contributed by atoms with Crippen LogP contribution in [0.5, 0.6) is 0 Å². The smallest absolute Gasteiger partial charge is 0.310 e. The second-order valence-corrected chi connectivity index (χ2v) is 5.79. The molecule has 25 heavy (non-hydrogen) atoms. The molecule has 8 nitrogen and oxygen atoms in total. The van der Waals surface area contributed by atoms with Gasteiger partial charge in [0.05, 0.1) is 24.8 Å². The number of carbonyl (C=O) groups is 1. The molecule has 9 heteroatoms. The predicted molar refractivity (Wildman–Crippen MR) is 92.8 cm³/mol. The molecular formula is C16H16ClN5O3. The molecule has 0 saturated carbocycles. The summed E-state index contributed by atoms with van der Waals surface area (Å²) in [7, 11) is 1.27. The highest BCUT2D eigenvalue weighted by Crippen LogP contribution is 2.16. The van der Waals surface area contributed by atoms with Gasteiger partial charge in [0.25, 0.3) is 11.3 Å². The molecule has 0 radical (unpaired) electrons. The molecule has 3 rings (SSSR count). The Morgan fingerprint density at radius 2 is 2.12 bits per heavy atom. The van der Waals surface area contributed by atoms with Crippen LogP contribution in [0.15, 0.2) is 29.1 Å². The molecule has 0 aliphatic rings. The molecule has 2 N–H and O–H groups in total. The van der Waals surface area contributed by atoms with Crippen molar-refractivity contribution in [1.29, 1.82) is 0 Å². The van der Waals surface area contributed by atoms with Gasteiger partial charge in [0.1, 0.15) is 0 Å². The third kappa shape index (κ3) is 3.48. The van der Waals surface area contributed by atoms with E-state index in [0.717, 1.165) is 5.56 Å². The molecule has 2 aromatic heterocycles. The highest BCUT2D eigenvalue weighted by Gasteiger charge is 2.16. The third-order valence-electron chi connectivity index (χ3n) is 3.75. The molecule has 0 fully saturated rings. The summed E-state index contributed by atoms with van der Waals surface area (Å²) in [6.45, 7) is 2.09. The second-order valence-electron chi connectivity index (χ2n) is 5.39. The highest BCUT2D eigenvalue weighted by atomic mass is 35.5. The number of fused-ring (bicyclic) bond motifs is 1. The Morgan fingerprint density at radius 1 is 1.36 bits per heavy atom. The number of methoxy groups -OCH3 is 1. The normalized spacial score (nSPS) is 10.8. The zero-order chi connectivity index (χ0) is 18.0.